The molecule has 0 atom stereocenters. The molecule has 0 bridgehead atoms. The molecule has 2 heterocycles. The van der Waals surface area contributed by atoms with E-state index >= 15 is 0 Å². The Morgan fingerprint density at radius 1 is 1.12 bits per heavy atom. The van der Waals surface area contributed by atoms with Crippen molar-refractivity contribution in [1.29, 1.82) is 0 Å². The highest BCUT2D eigenvalue weighted by Gasteiger charge is 2.19. The van der Waals surface area contributed by atoms with E-state index < -0.39 is 0 Å². The highest BCUT2D eigenvalue weighted by molar-refractivity contribution is 5.94. The number of likely N-dealkylation sites (tertiary alicyclic amines) is 1. The molecule has 1 aliphatic rings. The van der Waals surface area contributed by atoms with Crippen LogP contribution in [0.25, 0.3) is 11.1 Å². The summed E-state index contributed by atoms with van der Waals surface area (Å²) in [7, 11) is 0. The maximum Gasteiger partial charge on any atom is 0.251 e. The maximum atomic E-state index is 12.3. The van der Waals surface area contributed by atoms with E-state index in [0.29, 0.717) is 18.5 Å². The molecule has 5 heteroatoms. The molecule has 0 radical (unpaired) electrons. The summed E-state index contributed by atoms with van der Waals surface area (Å²) in [5.74, 6) is 0.153. The smallest absolute Gasteiger partial charge is 0.251 e. The van der Waals surface area contributed by atoms with Crippen molar-refractivity contribution in [2.45, 2.75) is 33.1 Å². The first-order valence-electron chi connectivity index (χ1n) is 9.14. The molecule has 0 aliphatic carbocycles. The predicted octanol–water partition coefficient (Wildman–Crippen LogP) is 3.11. The number of benzene rings is 1. The van der Waals surface area contributed by atoms with Gasteiger partial charge in [-0.1, -0.05) is 12.1 Å². The molecule has 1 saturated heterocycles. The molecule has 136 valence electrons. The van der Waals surface area contributed by atoms with E-state index in [-0.39, 0.29) is 11.8 Å². The molecule has 3 rings (SSSR count). The van der Waals surface area contributed by atoms with E-state index in [9.17, 15) is 9.59 Å². The molecule has 0 spiro atoms. The number of hydrogen-bond acceptors (Lipinski definition) is 3. The van der Waals surface area contributed by atoms with Crippen molar-refractivity contribution in [3.63, 3.8) is 0 Å². The van der Waals surface area contributed by atoms with Gasteiger partial charge in [0, 0.05) is 43.0 Å². The fourth-order valence-electron chi connectivity index (χ4n) is 3.33. The Morgan fingerprint density at radius 3 is 2.42 bits per heavy atom. The van der Waals surface area contributed by atoms with Crippen LogP contribution >= 0.6 is 0 Å². The lowest BCUT2D eigenvalue weighted by atomic mass is 10.0. The quantitative estimate of drug-likeness (QED) is 0.814. The Kier molecular flexibility index (Phi) is 5.66. The highest BCUT2D eigenvalue weighted by atomic mass is 16.2. The van der Waals surface area contributed by atoms with Crippen LogP contribution in [-0.4, -0.2) is 41.3 Å². The number of nitrogens with zero attached hydrogens (tertiary/aromatic N) is 2. The lowest BCUT2D eigenvalue weighted by Crippen LogP contribution is -2.30. The lowest BCUT2D eigenvalue weighted by molar-refractivity contribution is -0.127. The third-order valence-electron chi connectivity index (χ3n) is 4.62. The van der Waals surface area contributed by atoms with Gasteiger partial charge in [0.15, 0.2) is 0 Å². The van der Waals surface area contributed by atoms with Gasteiger partial charge in [-0.05, 0) is 62.1 Å². The van der Waals surface area contributed by atoms with E-state index in [1.807, 2.05) is 55.1 Å². The monoisotopic (exact) mass is 351 g/mol. The van der Waals surface area contributed by atoms with Crippen molar-refractivity contribution >= 4 is 11.8 Å². The molecule has 1 aromatic heterocycles. The third-order valence-corrected chi connectivity index (χ3v) is 4.62. The highest BCUT2D eigenvalue weighted by Crippen LogP contribution is 2.21. The molecule has 1 aliphatic heterocycles. The third kappa shape index (κ3) is 4.48. The average Bonchev–Trinajstić information content (AvgIpc) is 3.03. The van der Waals surface area contributed by atoms with Crippen LogP contribution < -0.4 is 5.32 Å². The zero-order chi connectivity index (χ0) is 18.5. The van der Waals surface area contributed by atoms with Gasteiger partial charge in [0.25, 0.3) is 5.91 Å². The lowest BCUT2D eigenvalue weighted by Gasteiger charge is -2.15. The van der Waals surface area contributed by atoms with Gasteiger partial charge < -0.3 is 10.2 Å². The van der Waals surface area contributed by atoms with Crippen LogP contribution in [0.1, 0.15) is 41.0 Å². The summed E-state index contributed by atoms with van der Waals surface area (Å²) in [5, 5.41) is 2.93. The second kappa shape index (κ2) is 8.13. The number of rotatable bonds is 6. The van der Waals surface area contributed by atoms with Crippen LogP contribution in [0.4, 0.5) is 0 Å². The topological polar surface area (TPSA) is 62.3 Å². The summed E-state index contributed by atoms with van der Waals surface area (Å²) in [6, 6.07) is 11.7. The normalized spacial score (nSPS) is 13.9. The minimum atomic E-state index is -0.0774. The number of carbonyl (C=O) groups is 2. The molecule has 2 amide bonds. The molecule has 1 aromatic carbocycles. The number of aryl methyl sites for hydroxylation is 2. The van der Waals surface area contributed by atoms with Gasteiger partial charge in [-0.15, -0.1) is 0 Å². The van der Waals surface area contributed by atoms with E-state index in [0.717, 1.165) is 48.4 Å². The van der Waals surface area contributed by atoms with Gasteiger partial charge in [0.1, 0.15) is 0 Å². The van der Waals surface area contributed by atoms with Crippen LogP contribution in [-0.2, 0) is 4.79 Å². The Morgan fingerprint density at radius 2 is 1.81 bits per heavy atom. The van der Waals surface area contributed by atoms with Crippen LogP contribution in [0.2, 0.25) is 0 Å². The van der Waals surface area contributed by atoms with Crippen molar-refractivity contribution in [3.05, 3.63) is 53.3 Å². The second-order valence-electron chi connectivity index (χ2n) is 6.81. The standard InChI is InChI=1S/C21H25N3O2/c1-15-13-19(14-16(2)23-15)17-6-8-18(9-7-17)21(26)22-10-4-12-24-11-3-5-20(24)25/h6-9,13-14H,3-5,10-12H2,1-2H3,(H,22,26). The zero-order valence-corrected chi connectivity index (χ0v) is 15.4. The molecule has 1 fully saturated rings. The number of nitrogens with one attached hydrogen (secondary N) is 1. The first kappa shape index (κ1) is 18.1. The zero-order valence-electron chi connectivity index (χ0n) is 15.4. The fraction of sp³-hybridized carbons (Fsp3) is 0.381. The van der Waals surface area contributed by atoms with Crippen molar-refractivity contribution < 1.29 is 9.59 Å². The number of amides is 2. The van der Waals surface area contributed by atoms with Gasteiger partial charge in [0.05, 0.1) is 0 Å². The van der Waals surface area contributed by atoms with Gasteiger partial charge >= 0.3 is 0 Å². The van der Waals surface area contributed by atoms with E-state index in [1.54, 1.807) is 0 Å². The Balaban J connectivity index is 1.52. The van der Waals surface area contributed by atoms with Gasteiger partial charge in [-0.3, -0.25) is 14.6 Å². The molecule has 5 nitrogen and oxygen atoms in total. The van der Waals surface area contributed by atoms with Crippen molar-refractivity contribution in [2.24, 2.45) is 0 Å². The predicted molar refractivity (Wildman–Crippen MR) is 102 cm³/mol. The van der Waals surface area contributed by atoms with Crippen molar-refractivity contribution in [1.82, 2.24) is 15.2 Å². The van der Waals surface area contributed by atoms with Crippen LogP contribution in [0.5, 0.6) is 0 Å². The van der Waals surface area contributed by atoms with Crippen LogP contribution in [0, 0.1) is 13.8 Å². The Bertz CT molecular complexity index is 779. The number of aromatic nitrogens is 1. The molecule has 26 heavy (non-hydrogen) atoms. The maximum absolute atomic E-state index is 12.3. The Hall–Kier alpha value is -2.69. The van der Waals surface area contributed by atoms with Gasteiger partial charge in [-0.25, -0.2) is 0 Å². The summed E-state index contributed by atoms with van der Waals surface area (Å²) in [5.41, 5.74) is 4.80. The minimum absolute atomic E-state index is 0.0774. The van der Waals surface area contributed by atoms with Gasteiger partial charge in [0.2, 0.25) is 5.91 Å². The van der Waals surface area contributed by atoms with Crippen molar-refractivity contribution in [2.75, 3.05) is 19.6 Å². The van der Waals surface area contributed by atoms with Gasteiger partial charge in [-0.2, -0.15) is 0 Å². The number of pyridine rings is 1. The first-order chi connectivity index (χ1) is 12.5. The SMILES string of the molecule is Cc1cc(-c2ccc(C(=O)NCCCN3CCCC3=O)cc2)cc(C)n1. The molecular formula is C21H25N3O2. The number of carbonyl (C=O) groups excluding carboxylic acids is 2. The summed E-state index contributed by atoms with van der Waals surface area (Å²) in [4.78, 5) is 30.1. The molecular weight excluding hydrogens is 326 g/mol. The largest absolute Gasteiger partial charge is 0.352 e. The average molecular weight is 351 g/mol. The van der Waals surface area contributed by atoms with Crippen LogP contribution in [0.15, 0.2) is 36.4 Å². The van der Waals surface area contributed by atoms with E-state index in [4.69, 9.17) is 0 Å². The Labute approximate surface area is 154 Å². The molecule has 2 aromatic rings. The van der Waals surface area contributed by atoms with Crippen molar-refractivity contribution in [3.8, 4) is 11.1 Å². The minimum Gasteiger partial charge on any atom is -0.352 e. The summed E-state index contributed by atoms with van der Waals surface area (Å²) < 4.78 is 0. The first-order valence-corrected chi connectivity index (χ1v) is 9.14. The summed E-state index contributed by atoms with van der Waals surface area (Å²) in [6.07, 6.45) is 2.40. The van der Waals surface area contributed by atoms with E-state index in [2.05, 4.69) is 10.3 Å². The number of hydrogen-bond donors (Lipinski definition) is 1. The summed E-state index contributed by atoms with van der Waals surface area (Å²) in [6.45, 7) is 6.11. The molecule has 1 N–H and O–H groups in total. The summed E-state index contributed by atoms with van der Waals surface area (Å²) >= 11 is 0. The fourth-order valence-corrected chi connectivity index (χ4v) is 3.33. The van der Waals surface area contributed by atoms with E-state index in [1.165, 1.54) is 0 Å². The second-order valence-corrected chi connectivity index (χ2v) is 6.81. The molecule has 0 saturated carbocycles. The van der Waals surface area contributed by atoms with Crippen LogP contribution in [0.3, 0.4) is 0 Å². The molecule has 0 unspecified atom stereocenters.